The van der Waals surface area contributed by atoms with Gasteiger partial charge in [-0.05, 0) is 64.4 Å². The zero-order valence-corrected chi connectivity index (χ0v) is 12.9. The fraction of sp³-hybridized carbons (Fsp3) is 0.647. The lowest BCUT2D eigenvalue weighted by Crippen LogP contribution is -2.37. The van der Waals surface area contributed by atoms with Crippen LogP contribution in [-0.2, 0) is 6.42 Å². The normalized spacial score (nSPS) is 20.1. The predicted octanol–water partition coefficient (Wildman–Crippen LogP) is 2.75. The summed E-state index contributed by atoms with van der Waals surface area (Å²) in [5.41, 5.74) is 8.19. The Bertz CT molecular complexity index is 419. The van der Waals surface area contributed by atoms with Crippen molar-refractivity contribution in [3.8, 4) is 5.75 Å². The molecule has 2 N–H and O–H groups in total. The van der Waals surface area contributed by atoms with Gasteiger partial charge in [0.2, 0.25) is 0 Å². The average Bonchev–Trinajstić information content (AvgIpc) is 2.43. The molecule has 0 radical (unpaired) electrons. The Labute approximate surface area is 123 Å². The third-order valence-corrected chi connectivity index (χ3v) is 4.26. The molecule has 2 rings (SSSR count). The molecule has 0 bridgehead atoms. The van der Waals surface area contributed by atoms with Crippen LogP contribution in [0.25, 0.3) is 0 Å². The Hall–Kier alpha value is -1.06. The minimum absolute atomic E-state index is 0.672. The van der Waals surface area contributed by atoms with Gasteiger partial charge in [-0.15, -0.1) is 0 Å². The number of likely N-dealkylation sites (tertiary alicyclic amines) is 1. The number of hydrogen-bond donors (Lipinski definition) is 1. The molecular formula is C17H28N2O. The molecule has 1 aliphatic heterocycles. The summed E-state index contributed by atoms with van der Waals surface area (Å²) >= 11 is 0. The first kappa shape index (κ1) is 15.3. The molecule has 1 aromatic carbocycles. The van der Waals surface area contributed by atoms with Gasteiger partial charge in [0, 0.05) is 6.04 Å². The molecule has 1 saturated heterocycles. The van der Waals surface area contributed by atoms with Crippen molar-refractivity contribution in [2.45, 2.75) is 45.1 Å². The van der Waals surface area contributed by atoms with E-state index in [1.807, 2.05) is 0 Å². The van der Waals surface area contributed by atoms with Crippen molar-refractivity contribution in [1.82, 2.24) is 4.90 Å². The minimum atomic E-state index is 0.672. The number of benzene rings is 1. The number of nitrogens with zero attached hydrogens (tertiary/aromatic N) is 1. The Morgan fingerprint density at radius 3 is 2.95 bits per heavy atom. The highest BCUT2D eigenvalue weighted by atomic mass is 16.5. The number of piperidine rings is 1. The summed E-state index contributed by atoms with van der Waals surface area (Å²) in [5, 5.41) is 0. The Kier molecular flexibility index (Phi) is 5.86. The van der Waals surface area contributed by atoms with Gasteiger partial charge in [-0.25, -0.2) is 0 Å². The monoisotopic (exact) mass is 276 g/mol. The zero-order valence-electron chi connectivity index (χ0n) is 12.9. The molecule has 0 saturated carbocycles. The molecule has 1 aliphatic rings. The van der Waals surface area contributed by atoms with Gasteiger partial charge < -0.3 is 15.4 Å². The predicted molar refractivity (Wildman–Crippen MR) is 84.3 cm³/mol. The average molecular weight is 276 g/mol. The van der Waals surface area contributed by atoms with E-state index in [4.69, 9.17) is 10.5 Å². The maximum atomic E-state index is 6.01. The highest BCUT2D eigenvalue weighted by Gasteiger charge is 2.18. The second kappa shape index (κ2) is 7.65. The summed E-state index contributed by atoms with van der Waals surface area (Å²) in [5.74, 6) is 1.01. The third-order valence-electron chi connectivity index (χ3n) is 4.26. The quantitative estimate of drug-likeness (QED) is 0.868. The van der Waals surface area contributed by atoms with Crippen molar-refractivity contribution < 1.29 is 4.74 Å². The van der Waals surface area contributed by atoms with Crippen molar-refractivity contribution in [1.29, 1.82) is 0 Å². The first-order valence-corrected chi connectivity index (χ1v) is 7.83. The molecule has 0 amide bonds. The van der Waals surface area contributed by atoms with E-state index < -0.39 is 0 Å². The lowest BCUT2D eigenvalue weighted by molar-refractivity contribution is 0.153. The van der Waals surface area contributed by atoms with Crippen LogP contribution in [0, 0.1) is 6.92 Å². The molecule has 1 atom stereocenters. The van der Waals surface area contributed by atoms with Crippen molar-refractivity contribution in [2.24, 2.45) is 5.73 Å². The van der Waals surface area contributed by atoms with Crippen LogP contribution in [0.3, 0.4) is 0 Å². The summed E-state index contributed by atoms with van der Waals surface area (Å²) in [4.78, 5) is 2.47. The van der Waals surface area contributed by atoms with E-state index >= 15 is 0 Å². The lowest BCUT2D eigenvalue weighted by atomic mass is 10.0. The number of ether oxygens (including phenoxy) is 1. The summed E-state index contributed by atoms with van der Waals surface area (Å²) in [6, 6.07) is 7.08. The van der Waals surface area contributed by atoms with E-state index in [0.717, 1.165) is 25.2 Å². The minimum Gasteiger partial charge on any atom is -0.493 e. The van der Waals surface area contributed by atoms with Crippen LogP contribution < -0.4 is 10.5 Å². The first-order chi connectivity index (χ1) is 9.70. The molecule has 0 spiro atoms. The fourth-order valence-corrected chi connectivity index (χ4v) is 3.01. The molecule has 1 unspecified atom stereocenters. The van der Waals surface area contributed by atoms with Crippen LogP contribution in [0.4, 0.5) is 0 Å². The second-order valence-corrected chi connectivity index (χ2v) is 5.92. The molecule has 0 aliphatic carbocycles. The van der Waals surface area contributed by atoms with Crippen LogP contribution in [0.5, 0.6) is 5.75 Å². The number of hydrogen-bond acceptors (Lipinski definition) is 3. The van der Waals surface area contributed by atoms with Gasteiger partial charge in [0.1, 0.15) is 5.75 Å². The van der Waals surface area contributed by atoms with Gasteiger partial charge in [-0.3, -0.25) is 0 Å². The first-order valence-electron chi connectivity index (χ1n) is 7.83. The Morgan fingerprint density at radius 1 is 1.35 bits per heavy atom. The van der Waals surface area contributed by atoms with E-state index in [9.17, 15) is 0 Å². The maximum Gasteiger partial charge on any atom is 0.122 e. The van der Waals surface area contributed by atoms with Gasteiger partial charge >= 0.3 is 0 Å². The Balaban J connectivity index is 1.87. The van der Waals surface area contributed by atoms with E-state index in [0.29, 0.717) is 12.6 Å². The number of aryl methyl sites for hydroxylation is 1. The maximum absolute atomic E-state index is 6.01. The second-order valence-electron chi connectivity index (χ2n) is 5.92. The van der Waals surface area contributed by atoms with Crippen LogP contribution in [0.1, 0.15) is 36.8 Å². The number of nitrogens with two attached hydrogens (primary N) is 1. The van der Waals surface area contributed by atoms with Crippen molar-refractivity contribution in [3.05, 3.63) is 29.3 Å². The molecule has 3 nitrogen and oxygen atoms in total. The molecule has 1 fully saturated rings. The molecule has 112 valence electrons. The van der Waals surface area contributed by atoms with Gasteiger partial charge in [0.25, 0.3) is 0 Å². The van der Waals surface area contributed by atoms with Gasteiger partial charge in [-0.1, -0.05) is 24.1 Å². The Morgan fingerprint density at radius 2 is 2.20 bits per heavy atom. The van der Waals surface area contributed by atoms with Gasteiger partial charge in [0.05, 0.1) is 6.61 Å². The highest BCUT2D eigenvalue weighted by molar-refractivity contribution is 5.37. The summed E-state index contributed by atoms with van der Waals surface area (Å²) in [6.07, 6.45) is 6.01. The molecular weight excluding hydrogens is 248 g/mol. The van der Waals surface area contributed by atoms with Crippen molar-refractivity contribution in [3.63, 3.8) is 0 Å². The number of rotatable bonds is 6. The van der Waals surface area contributed by atoms with Gasteiger partial charge in [0.15, 0.2) is 0 Å². The van der Waals surface area contributed by atoms with Crippen LogP contribution in [-0.4, -0.2) is 37.7 Å². The topological polar surface area (TPSA) is 38.5 Å². The van der Waals surface area contributed by atoms with Crippen LogP contribution >= 0.6 is 0 Å². The smallest absolute Gasteiger partial charge is 0.122 e. The molecule has 1 aromatic rings. The summed E-state index contributed by atoms with van der Waals surface area (Å²) < 4.78 is 6.01. The zero-order chi connectivity index (χ0) is 14.4. The van der Waals surface area contributed by atoms with Crippen LogP contribution in [0.2, 0.25) is 0 Å². The fourth-order valence-electron chi connectivity index (χ4n) is 3.01. The van der Waals surface area contributed by atoms with Gasteiger partial charge in [-0.2, -0.15) is 0 Å². The SMILES string of the molecule is Cc1ccc(OCCC2CCCCN2C)c(CCN)c1. The third kappa shape index (κ3) is 4.22. The standard InChI is InChI=1S/C17H28N2O/c1-14-6-7-17(15(13-14)8-10-18)20-12-9-16-5-3-4-11-19(16)2/h6-7,13,16H,3-5,8-12,18H2,1-2H3. The van der Waals surface area contributed by atoms with E-state index in [1.165, 1.54) is 36.9 Å². The lowest BCUT2D eigenvalue weighted by Gasteiger charge is -2.32. The molecule has 0 aromatic heterocycles. The molecule has 3 heteroatoms. The van der Waals surface area contributed by atoms with Crippen molar-refractivity contribution in [2.75, 3.05) is 26.7 Å². The summed E-state index contributed by atoms with van der Waals surface area (Å²) in [6.45, 7) is 4.81. The summed E-state index contributed by atoms with van der Waals surface area (Å²) in [7, 11) is 2.23. The van der Waals surface area contributed by atoms with Crippen molar-refractivity contribution >= 4 is 0 Å². The van der Waals surface area contributed by atoms with E-state index in [1.54, 1.807) is 0 Å². The van der Waals surface area contributed by atoms with E-state index in [2.05, 4.69) is 37.1 Å². The highest BCUT2D eigenvalue weighted by Crippen LogP contribution is 2.22. The van der Waals surface area contributed by atoms with E-state index in [-0.39, 0.29) is 0 Å². The molecule has 20 heavy (non-hydrogen) atoms. The molecule has 1 heterocycles. The van der Waals surface area contributed by atoms with Crippen LogP contribution in [0.15, 0.2) is 18.2 Å². The largest absolute Gasteiger partial charge is 0.493 e.